The zero-order valence-electron chi connectivity index (χ0n) is 11.4. The molecule has 0 bridgehead atoms. The van der Waals surface area contributed by atoms with Crippen molar-refractivity contribution < 1.29 is 13.9 Å². The molecule has 0 atom stereocenters. The van der Waals surface area contributed by atoms with Gasteiger partial charge in [0.1, 0.15) is 5.75 Å². The molecule has 0 aliphatic rings. The van der Waals surface area contributed by atoms with Crippen LogP contribution >= 0.6 is 11.8 Å². The minimum Gasteiger partial charge on any atom is -0.496 e. The Morgan fingerprint density at radius 1 is 1.10 bits per heavy atom. The number of ether oxygens (including phenoxy) is 2. The summed E-state index contributed by atoms with van der Waals surface area (Å²) in [6, 6.07) is 10.5. The second-order valence-electron chi connectivity index (χ2n) is 4.13. The van der Waals surface area contributed by atoms with Gasteiger partial charge in [-0.15, -0.1) is 11.8 Å². The first kappa shape index (κ1) is 14.5. The number of methoxy groups -OCH3 is 2. The summed E-state index contributed by atoms with van der Waals surface area (Å²) in [5, 5.41) is 0. The molecule has 2 aromatic rings. The molecule has 5 heteroatoms. The highest BCUT2D eigenvalue weighted by Gasteiger charge is 2.10. The van der Waals surface area contributed by atoms with E-state index in [4.69, 9.17) is 15.2 Å². The van der Waals surface area contributed by atoms with Gasteiger partial charge in [-0.2, -0.15) is 0 Å². The predicted molar refractivity (Wildman–Crippen MR) is 79.9 cm³/mol. The van der Waals surface area contributed by atoms with Gasteiger partial charge in [-0.3, -0.25) is 0 Å². The smallest absolute Gasteiger partial charge is 0.169 e. The van der Waals surface area contributed by atoms with E-state index in [9.17, 15) is 4.39 Å². The molecule has 0 aliphatic carbocycles. The van der Waals surface area contributed by atoms with Crippen molar-refractivity contribution in [1.29, 1.82) is 0 Å². The monoisotopic (exact) mass is 293 g/mol. The van der Waals surface area contributed by atoms with Gasteiger partial charge in [0.05, 0.1) is 14.2 Å². The largest absolute Gasteiger partial charge is 0.496 e. The molecule has 0 saturated carbocycles. The van der Waals surface area contributed by atoms with Crippen molar-refractivity contribution in [3.8, 4) is 11.5 Å². The normalized spacial score (nSPS) is 10.3. The van der Waals surface area contributed by atoms with E-state index >= 15 is 0 Å². The molecule has 2 N–H and O–H groups in total. The number of rotatable bonds is 5. The van der Waals surface area contributed by atoms with E-state index in [1.165, 1.54) is 18.9 Å². The Morgan fingerprint density at radius 2 is 1.85 bits per heavy atom. The average molecular weight is 293 g/mol. The van der Waals surface area contributed by atoms with Crippen molar-refractivity contribution in [2.45, 2.75) is 10.6 Å². The molecule has 0 fully saturated rings. The van der Waals surface area contributed by atoms with E-state index in [0.717, 1.165) is 4.90 Å². The van der Waals surface area contributed by atoms with E-state index < -0.39 is 0 Å². The second-order valence-corrected chi connectivity index (χ2v) is 5.15. The van der Waals surface area contributed by atoms with Gasteiger partial charge in [0.2, 0.25) is 0 Å². The molecule has 0 aromatic heterocycles. The van der Waals surface area contributed by atoms with Crippen molar-refractivity contribution >= 4 is 17.4 Å². The van der Waals surface area contributed by atoms with Crippen molar-refractivity contribution in [2.24, 2.45) is 0 Å². The second kappa shape index (κ2) is 6.52. The Kier molecular flexibility index (Phi) is 4.74. The van der Waals surface area contributed by atoms with E-state index in [1.54, 1.807) is 37.4 Å². The molecule has 0 heterocycles. The summed E-state index contributed by atoms with van der Waals surface area (Å²) >= 11 is 1.49. The SMILES string of the molecule is COc1cc(N)ccc1SCc1cccc(OC)c1F. The third kappa shape index (κ3) is 3.17. The Hall–Kier alpha value is -1.88. The Labute approximate surface area is 121 Å². The summed E-state index contributed by atoms with van der Waals surface area (Å²) in [6.07, 6.45) is 0. The van der Waals surface area contributed by atoms with Crippen molar-refractivity contribution in [3.63, 3.8) is 0 Å². The first-order valence-corrected chi connectivity index (χ1v) is 7.02. The number of nitrogen functional groups attached to an aromatic ring is 1. The fraction of sp³-hybridized carbons (Fsp3) is 0.200. The van der Waals surface area contributed by atoms with Gasteiger partial charge in [-0.25, -0.2) is 4.39 Å². The summed E-state index contributed by atoms with van der Waals surface area (Å²) in [5.74, 6) is 1.12. The van der Waals surface area contributed by atoms with Crippen LogP contribution in [0.5, 0.6) is 11.5 Å². The summed E-state index contributed by atoms with van der Waals surface area (Å²) in [5.41, 5.74) is 6.94. The molecule has 3 nitrogen and oxygen atoms in total. The standard InChI is InChI=1S/C15H16FNO2S/c1-18-12-5-3-4-10(15(12)16)9-20-14-7-6-11(17)8-13(14)19-2/h3-8H,9,17H2,1-2H3. The van der Waals surface area contributed by atoms with Gasteiger partial charge in [0.25, 0.3) is 0 Å². The number of halogens is 1. The van der Waals surface area contributed by atoms with Crippen molar-refractivity contribution in [3.05, 3.63) is 47.8 Å². The number of thioether (sulfide) groups is 1. The van der Waals surface area contributed by atoms with Crippen molar-refractivity contribution in [2.75, 3.05) is 20.0 Å². The first-order valence-electron chi connectivity index (χ1n) is 6.03. The van der Waals surface area contributed by atoms with E-state index in [2.05, 4.69) is 0 Å². The molecule has 0 amide bonds. The van der Waals surface area contributed by atoms with Crippen LogP contribution in [0, 0.1) is 5.82 Å². The number of hydrogen-bond donors (Lipinski definition) is 1. The average Bonchev–Trinajstić information content (AvgIpc) is 2.47. The van der Waals surface area contributed by atoms with Crippen LogP contribution in [-0.4, -0.2) is 14.2 Å². The van der Waals surface area contributed by atoms with Gasteiger partial charge in [0.15, 0.2) is 11.6 Å². The molecule has 0 saturated heterocycles. The zero-order valence-corrected chi connectivity index (χ0v) is 12.2. The molecule has 0 unspecified atom stereocenters. The molecule has 20 heavy (non-hydrogen) atoms. The minimum absolute atomic E-state index is 0.257. The van der Waals surface area contributed by atoms with Gasteiger partial charge in [0, 0.05) is 28.0 Å². The summed E-state index contributed by atoms with van der Waals surface area (Å²) in [4.78, 5) is 0.920. The van der Waals surface area contributed by atoms with E-state index in [0.29, 0.717) is 22.8 Å². The van der Waals surface area contributed by atoms with Crippen LogP contribution in [0.4, 0.5) is 10.1 Å². The summed E-state index contributed by atoms with van der Waals surface area (Å²) in [7, 11) is 3.04. The molecule has 106 valence electrons. The number of anilines is 1. The third-order valence-corrected chi connectivity index (χ3v) is 3.94. The van der Waals surface area contributed by atoms with Crippen LogP contribution in [0.2, 0.25) is 0 Å². The lowest BCUT2D eigenvalue weighted by atomic mass is 10.2. The maximum Gasteiger partial charge on any atom is 0.169 e. The van der Waals surface area contributed by atoms with Crippen LogP contribution in [0.3, 0.4) is 0 Å². The van der Waals surface area contributed by atoms with Crippen LogP contribution in [0.25, 0.3) is 0 Å². The highest BCUT2D eigenvalue weighted by molar-refractivity contribution is 7.98. The highest BCUT2D eigenvalue weighted by Crippen LogP contribution is 2.34. The van der Waals surface area contributed by atoms with Crippen molar-refractivity contribution in [1.82, 2.24) is 0 Å². The fourth-order valence-corrected chi connectivity index (χ4v) is 2.77. The summed E-state index contributed by atoms with van der Waals surface area (Å²) < 4.78 is 24.3. The van der Waals surface area contributed by atoms with Crippen LogP contribution in [0.1, 0.15) is 5.56 Å². The van der Waals surface area contributed by atoms with E-state index in [1.807, 2.05) is 6.07 Å². The van der Waals surface area contributed by atoms with Crippen LogP contribution in [-0.2, 0) is 5.75 Å². The molecule has 2 aromatic carbocycles. The van der Waals surface area contributed by atoms with Gasteiger partial charge >= 0.3 is 0 Å². The molecular formula is C15H16FNO2S. The summed E-state index contributed by atoms with van der Waals surface area (Å²) in [6.45, 7) is 0. The minimum atomic E-state index is -0.322. The molecular weight excluding hydrogens is 277 g/mol. The maximum atomic E-state index is 14.0. The van der Waals surface area contributed by atoms with Crippen LogP contribution < -0.4 is 15.2 Å². The molecule has 2 rings (SSSR count). The molecule has 0 aliphatic heterocycles. The van der Waals surface area contributed by atoms with Crippen LogP contribution in [0.15, 0.2) is 41.3 Å². The van der Waals surface area contributed by atoms with Gasteiger partial charge < -0.3 is 15.2 Å². The Morgan fingerprint density at radius 3 is 2.55 bits per heavy atom. The number of nitrogens with two attached hydrogens (primary N) is 1. The lowest BCUT2D eigenvalue weighted by Gasteiger charge is -2.10. The van der Waals surface area contributed by atoms with E-state index in [-0.39, 0.29) is 11.6 Å². The molecule has 0 radical (unpaired) electrons. The Bertz CT molecular complexity index is 604. The zero-order chi connectivity index (χ0) is 14.5. The predicted octanol–water partition coefficient (Wildman–Crippen LogP) is 3.72. The maximum absolute atomic E-state index is 14.0. The lowest BCUT2D eigenvalue weighted by Crippen LogP contribution is -1.94. The molecule has 0 spiro atoms. The Balaban J connectivity index is 2.17. The highest BCUT2D eigenvalue weighted by atomic mass is 32.2. The van der Waals surface area contributed by atoms with Gasteiger partial charge in [-0.1, -0.05) is 12.1 Å². The quantitative estimate of drug-likeness (QED) is 0.674. The number of benzene rings is 2. The first-order chi connectivity index (χ1) is 9.65. The van der Waals surface area contributed by atoms with Gasteiger partial charge in [-0.05, 0) is 18.2 Å². The third-order valence-electron chi connectivity index (χ3n) is 2.83. The number of hydrogen-bond acceptors (Lipinski definition) is 4. The lowest BCUT2D eigenvalue weighted by molar-refractivity contribution is 0.385. The fourth-order valence-electron chi connectivity index (χ4n) is 1.78. The topological polar surface area (TPSA) is 44.5 Å².